The molecule has 3 N–H and O–H groups in total. The first-order chi connectivity index (χ1) is 4.66. The molecule has 5 heteroatoms. The van der Waals surface area contributed by atoms with Gasteiger partial charge in [-0.1, -0.05) is 0 Å². The van der Waals surface area contributed by atoms with Crippen molar-refractivity contribution in [2.24, 2.45) is 0 Å². The lowest BCUT2D eigenvalue weighted by Gasteiger charge is -2.09. The summed E-state index contributed by atoms with van der Waals surface area (Å²) >= 11 is 3.82. The molecule has 1 aliphatic rings. The van der Waals surface area contributed by atoms with Gasteiger partial charge in [0.2, 0.25) is 0 Å². The van der Waals surface area contributed by atoms with Crippen molar-refractivity contribution >= 4 is 12.6 Å². The molecule has 0 aliphatic carbocycles. The Hall–Kier alpha value is 0.190. The van der Waals surface area contributed by atoms with Crippen molar-refractivity contribution in [1.82, 2.24) is 0 Å². The predicted octanol–water partition coefficient (Wildman–Crippen LogP) is -1.64. The molecule has 60 valence electrons. The Bertz CT molecular complexity index is 120. The third-order valence-corrected chi connectivity index (χ3v) is 1.94. The zero-order chi connectivity index (χ0) is 7.72. The van der Waals surface area contributed by atoms with E-state index in [2.05, 4.69) is 12.6 Å². The van der Waals surface area contributed by atoms with E-state index in [1.807, 2.05) is 0 Å². The van der Waals surface area contributed by atoms with E-state index in [1.54, 1.807) is 0 Å². The summed E-state index contributed by atoms with van der Waals surface area (Å²) in [5.74, 6) is 0. The Balaban J connectivity index is 2.53. The molecule has 0 spiro atoms. The minimum absolute atomic E-state index is 0.296. The first kappa shape index (κ1) is 8.29. The molecule has 0 bridgehead atoms. The summed E-state index contributed by atoms with van der Waals surface area (Å²) in [5.41, 5.74) is -0.688. The zero-order valence-corrected chi connectivity index (χ0v) is 6.11. The zero-order valence-electron chi connectivity index (χ0n) is 5.21. The normalized spacial score (nSPS) is 48.0. The molecule has 1 aliphatic heterocycles. The lowest BCUT2D eigenvalue weighted by Crippen LogP contribution is -2.32. The van der Waals surface area contributed by atoms with E-state index in [9.17, 15) is 0 Å². The van der Waals surface area contributed by atoms with Crippen molar-refractivity contribution in [1.29, 1.82) is 0 Å². The summed E-state index contributed by atoms with van der Waals surface area (Å²) in [6, 6.07) is 0. The largest absolute Gasteiger partial charge is 0.394 e. The summed E-state index contributed by atoms with van der Waals surface area (Å²) in [5, 5.41) is 26.6. The average Bonchev–Trinajstić information content (AvgIpc) is 2.17. The Kier molecular flexibility index (Phi) is 2.54. The summed E-state index contributed by atoms with van der Waals surface area (Å²) in [7, 11) is 0. The first-order valence-corrected chi connectivity index (χ1v) is 3.49. The van der Waals surface area contributed by atoms with Crippen LogP contribution in [0.3, 0.4) is 0 Å². The average molecular weight is 166 g/mol. The van der Waals surface area contributed by atoms with Crippen molar-refractivity contribution in [2.45, 2.75) is 23.7 Å². The van der Waals surface area contributed by atoms with Crippen LogP contribution in [0.15, 0.2) is 0 Å². The molecule has 0 aromatic carbocycles. The fourth-order valence-corrected chi connectivity index (χ4v) is 1.21. The third kappa shape index (κ3) is 1.28. The van der Waals surface area contributed by atoms with Crippen LogP contribution in [0.2, 0.25) is 0 Å². The maximum atomic E-state index is 9.04. The topological polar surface area (TPSA) is 69.9 Å². The molecule has 0 unspecified atom stereocenters. The predicted molar refractivity (Wildman–Crippen MR) is 36.7 cm³/mol. The van der Waals surface area contributed by atoms with Gasteiger partial charge in [0, 0.05) is 0 Å². The minimum atomic E-state index is -1.02. The summed E-state index contributed by atoms with van der Waals surface area (Å²) in [4.78, 5) is 0. The van der Waals surface area contributed by atoms with Gasteiger partial charge in [-0.15, -0.1) is 12.6 Å². The van der Waals surface area contributed by atoms with Crippen LogP contribution in [0, 0.1) is 0 Å². The molecule has 0 aromatic rings. The minimum Gasteiger partial charge on any atom is -0.394 e. The highest BCUT2D eigenvalue weighted by molar-refractivity contribution is 7.80. The number of ether oxygens (including phenoxy) is 1. The second-order valence-electron chi connectivity index (χ2n) is 2.23. The summed E-state index contributed by atoms with van der Waals surface area (Å²) < 4.78 is 4.85. The van der Waals surface area contributed by atoms with E-state index in [0.29, 0.717) is 0 Å². The van der Waals surface area contributed by atoms with Crippen molar-refractivity contribution < 1.29 is 20.1 Å². The highest BCUT2D eigenvalue weighted by Crippen LogP contribution is 2.22. The van der Waals surface area contributed by atoms with Crippen molar-refractivity contribution in [2.75, 3.05) is 6.61 Å². The van der Waals surface area contributed by atoms with Crippen LogP contribution in [0.5, 0.6) is 0 Å². The molecule has 0 amide bonds. The molecule has 1 heterocycles. The van der Waals surface area contributed by atoms with Gasteiger partial charge in [-0.05, 0) is 0 Å². The highest BCUT2D eigenvalue weighted by Gasteiger charge is 2.40. The lowest BCUT2D eigenvalue weighted by molar-refractivity contribution is -0.00794. The standard InChI is InChI=1S/C5H10O4S/c6-1-2-3(7)4(8)5(10)9-2/h2-8,10H,1H2/t2-,3+,4-,5+/m0/s1. The number of rotatable bonds is 1. The Morgan fingerprint density at radius 1 is 1.30 bits per heavy atom. The number of hydrogen-bond donors (Lipinski definition) is 4. The monoisotopic (exact) mass is 166 g/mol. The molecule has 0 saturated carbocycles. The molecule has 0 radical (unpaired) electrons. The molecule has 10 heavy (non-hydrogen) atoms. The second kappa shape index (κ2) is 3.06. The quantitative estimate of drug-likeness (QED) is 0.352. The SMILES string of the molecule is OC[C@@H]1O[C@H](S)[C@@H](O)[C@@H]1O. The van der Waals surface area contributed by atoms with E-state index >= 15 is 0 Å². The van der Waals surface area contributed by atoms with E-state index < -0.39 is 23.7 Å². The number of aliphatic hydroxyl groups excluding tert-OH is 3. The Morgan fingerprint density at radius 2 is 1.90 bits per heavy atom. The van der Waals surface area contributed by atoms with Gasteiger partial charge in [0.1, 0.15) is 23.7 Å². The van der Waals surface area contributed by atoms with Crippen molar-refractivity contribution in [3.05, 3.63) is 0 Å². The van der Waals surface area contributed by atoms with E-state index in [-0.39, 0.29) is 6.61 Å². The Labute approximate surface area is 63.8 Å². The number of aliphatic hydroxyl groups is 3. The maximum absolute atomic E-state index is 9.04. The molecular formula is C5H10O4S. The van der Waals surface area contributed by atoms with Gasteiger partial charge < -0.3 is 20.1 Å². The molecule has 0 aromatic heterocycles. The van der Waals surface area contributed by atoms with Crippen molar-refractivity contribution in [3.8, 4) is 0 Å². The van der Waals surface area contributed by atoms with Gasteiger partial charge in [-0.2, -0.15) is 0 Å². The van der Waals surface area contributed by atoms with Gasteiger partial charge in [0.15, 0.2) is 0 Å². The maximum Gasteiger partial charge on any atom is 0.129 e. The second-order valence-corrected chi connectivity index (χ2v) is 2.74. The van der Waals surface area contributed by atoms with Crippen LogP contribution in [0.1, 0.15) is 0 Å². The van der Waals surface area contributed by atoms with Crippen LogP contribution in [-0.4, -0.2) is 45.7 Å². The molecule has 1 saturated heterocycles. The van der Waals surface area contributed by atoms with E-state index in [1.165, 1.54) is 0 Å². The van der Waals surface area contributed by atoms with Crippen LogP contribution in [0.25, 0.3) is 0 Å². The lowest BCUT2D eigenvalue weighted by atomic mass is 10.2. The van der Waals surface area contributed by atoms with Gasteiger partial charge in [0.05, 0.1) is 6.61 Å². The smallest absolute Gasteiger partial charge is 0.129 e. The number of hydrogen-bond acceptors (Lipinski definition) is 5. The summed E-state index contributed by atoms with van der Waals surface area (Å²) in [6.07, 6.45) is -2.72. The molecule has 4 atom stereocenters. The fourth-order valence-electron chi connectivity index (χ4n) is 0.880. The van der Waals surface area contributed by atoms with Crippen LogP contribution in [-0.2, 0) is 4.74 Å². The Morgan fingerprint density at radius 3 is 2.10 bits per heavy atom. The summed E-state index contributed by atoms with van der Waals surface area (Å²) in [6.45, 7) is -0.296. The van der Waals surface area contributed by atoms with Crippen LogP contribution in [0.4, 0.5) is 0 Å². The van der Waals surface area contributed by atoms with Crippen molar-refractivity contribution in [3.63, 3.8) is 0 Å². The van der Waals surface area contributed by atoms with Gasteiger partial charge >= 0.3 is 0 Å². The van der Waals surface area contributed by atoms with Gasteiger partial charge in [-0.3, -0.25) is 0 Å². The van der Waals surface area contributed by atoms with Gasteiger partial charge in [-0.25, -0.2) is 0 Å². The van der Waals surface area contributed by atoms with E-state index in [4.69, 9.17) is 20.1 Å². The number of thiol groups is 1. The van der Waals surface area contributed by atoms with E-state index in [0.717, 1.165) is 0 Å². The fraction of sp³-hybridized carbons (Fsp3) is 1.00. The van der Waals surface area contributed by atoms with Gasteiger partial charge in [0.25, 0.3) is 0 Å². The van der Waals surface area contributed by atoms with Crippen LogP contribution >= 0.6 is 12.6 Å². The molecule has 1 rings (SSSR count). The third-order valence-electron chi connectivity index (χ3n) is 1.52. The molecular weight excluding hydrogens is 156 g/mol. The highest BCUT2D eigenvalue weighted by atomic mass is 32.1. The first-order valence-electron chi connectivity index (χ1n) is 2.97. The van der Waals surface area contributed by atoms with Crippen LogP contribution < -0.4 is 0 Å². The molecule has 1 fully saturated rings. The molecule has 4 nitrogen and oxygen atoms in total.